The van der Waals surface area contributed by atoms with Crippen molar-refractivity contribution in [3.05, 3.63) is 69.8 Å². The molecule has 5 nitrogen and oxygen atoms in total. The topological polar surface area (TPSA) is 75.3 Å². The third kappa shape index (κ3) is 7.02. The molecule has 11 heteroatoms. The Hall–Kier alpha value is -2.95. The molecule has 34 heavy (non-hydrogen) atoms. The highest BCUT2D eigenvalue weighted by molar-refractivity contribution is 7.92. The van der Waals surface area contributed by atoms with Gasteiger partial charge in [0.15, 0.2) is 11.6 Å². The van der Waals surface area contributed by atoms with E-state index in [1.165, 1.54) is 13.0 Å². The molecule has 1 amide bonds. The molecule has 0 bridgehead atoms. The Bertz CT molecular complexity index is 1160. The van der Waals surface area contributed by atoms with Crippen molar-refractivity contribution in [3.8, 4) is 0 Å². The van der Waals surface area contributed by atoms with E-state index in [9.17, 15) is 35.2 Å². The number of amides is 1. The van der Waals surface area contributed by atoms with Crippen LogP contribution in [-0.2, 0) is 33.8 Å². The largest absolute Gasteiger partial charge is 0.416 e. The molecule has 0 radical (unpaired) electrons. The second-order valence-corrected chi connectivity index (χ2v) is 9.46. The Kier molecular flexibility index (Phi) is 8.46. The molecule has 0 saturated heterocycles. The maximum atomic E-state index is 14.2. The number of halogens is 5. The van der Waals surface area contributed by atoms with Gasteiger partial charge in [-0.3, -0.25) is 9.52 Å². The minimum Gasteiger partial charge on any atom is -0.346 e. The number of hydrogen-bond donors (Lipinski definition) is 2. The lowest BCUT2D eigenvalue weighted by atomic mass is 9.94. The molecule has 2 aromatic carbocycles. The summed E-state index contributed by atoms with van der Waals surface area (Å²) in [6, 6.07) is 3.04. The molecular formula is C23H25F5N2O3S. The van der Waals surface area contributed by atoms with E-state index in [0.717, 1.165) is 36.6 Å². The summed E-state index contributed by atoms with van der Waals surface area (Å²) in [6.45, 7) is 4.89. The number of alkyl halides is 3. The van der Waals surface area contributed by atoms with Crippen molar-refractivity contribution in [2.75, 3.05) is 11.0 Å². The smallest absolute Gasteiger partial charge is 0.346 e. The van der Waals surface area contributed by atoms with Gasteiger partial charge in [0.25, 0.3) is 0 Å². The second-order valence-electron chi connectivity index (χ2n) is 7.71. The van der Waals surface area contributed by atoms with E-state index < -0.39 is 51.0 Å². The Morgan fingerprint density at radius 1 is 1.03 bits per heavy atom. The van der Waals surface area contributed by atoms with E-state index in [4.69, 9.17) is 0 Å². The molecule has 0 fully saturated rings. The Balaban J connectivity index is 2.25. The molecule has 0 aliphatic rings. The van der Waals surface area contributed by atoms with Crippen LogP contribution in [0.15, 0.2) is 30.3 Å². The molecule has 1 atom stereocenters. The number of carbonyl (C=O) groups is 1. The van der Waals surface area contributed by atoms with Crippen LogP contribution in [0.1, 0.15) is 54.6 Å². The van der Waals surface area contributed by atoms with Crippen LogP contribution in [0, 0.1) is 11.6 Å². The fourth-order valence-corrected chi connectivity index (χ4v) is 3.94. The van der Waals surface area contributed by atoms with Crippen molar-refractivity contribution >= 4 is 27.7 Å². The van der Waals surface area contributed by atoms with Gasteiger partial charge in [0.1, 0.15) is 5.69 Å². The van der Waals surface area contributed by atoms with Gasteiger partial charge in [-0.05, 0) is 72.4 Å². The fourth-order valence-electron chi connectivity index (χ4n) is 3.37. The van der Waals surface area contributed by atoms with Gasteiger partial charge < -0.3 is 5.32 Å². The molecule has 0 heterocycles. The van der Waals surface area contributed by atoms with Gasteiger partial charge in [0.05, 0.1) is 17.9 Å². The summed E-state index contributed by atoms with van der Waals surface area (Å²) in [5.74, 6) is -2.93. The second kappa shape index (κ2) is 10.5. The first-order chi connectivity index (χ1) is 15.7. The number of hydrogen-bond acceptors (Lipinski definition) is 3. The van der Waals surface area contributed by atoms with Crippen LogP contribution in [0.5, 0.6) is 0 Å². The summed E-state index contributed by atoms with van der Waals surface area (Å²) in [5.41, 5.74) is -0.160. The normalized spacial score (nSPS) is 13.2. The van der Waals surface area contributed by atoms with Crippen LogP contribution >= 0.6 is 0 Å². The van der Waals surface area contributed by atoms with Crippen molar-refractivity contribution in [1.29, 1.82) is 0 Å². The van der Waals surface area contributed by atoms with Crippen LogP contribution in [0.3, 0.4) is 0 Å². The van der Waals surface area contributed by atoms with Crippen molar-refractivity contribution in [2.45, 2.75) is 45.8 Å². The molecule has 0 aliphatic heterocycles. The van der Waals surface area contributed by atoms with Crippen LogP contribution < -0.4 is 10.0 Å². The monoisotopic (exact) mass is 504 g/mol. The zero-order valence-corrected chi connectivity index (χ0v) is 19.8. The average molecular weight is 505 g/mol. The van der Waals surface area contributed by atoms with E-state index in [0.29, 0.717) is 29.5 Å². The Morgan fingerprint density at radius 3 is 1.94 bits per heavy atom. The number of anilines is 1. The number of rotatable bonds is 8. The first kappa shape index (κ1) is 27.3. The molecule has 0 aromatic heterocycles. The van der Waals surface area contributed by atoms with Crippen LogP contribution in [-0.4, -0.2) is 20.6 Å². The number of sulfonamides is 1. The number of aryl methyl sites for hydroxylation is 2. The Labute approximate surface area is 195 Å². The number of benzene rings is 2. The zero-order valence-electron chi connectivity index (χ0n) is 19.0. The van der Waals surface area contributed by atoms with Crippen LogP contribution in [0.2, 0.25) is 0 Å². The number of nitrogens with one attached hydrogen (secondary N) is 2. The fraction of sp³-hybridized carbons (Fsp3) is 0.348. The van der Waals surface area contributed by atoms with Gasteiger partial charge in [-0.2, -0.15) is 13.2 Å². The molecule has 2 rings (SSSR count). The molecule has 186 valence electrons. The summed E-state index contributed by atoms with van der Waals surface area (Å²) in [6.07, 6.45) is -0.536. The lowest BCUT2D eigenvalue weighted by Crippen LogP contribution is -2.25. The molecule has 0 spiro atoms. The molecular weight excluding hydrogens is 479 g/mol. The average Bonchev–Trinajstić information content (AvgIpc) is 2.72. The predicted molar refractivity (Wildman–Crippen MR) is 121 cm³/mol. The van der Waals surface area contributed by atoms with E-state index in [1.54, 1.807) is 18.6 Å². The number of carbonyl (C=O) groups excluding carboxylic acids is 1. The lowest BCUT2D eigenvalue weighted by Gasteiger charge is -2.16. The zero-order chi connectivity index (χ0) is 25.8. The van der Waals surface area contributed by atoms with Crippen molar-refractivity contribution < 1.29 is 35.2 Å². The van der Waals surface area contributed by atoms with Crippen molar-refractivity contribution in [1.82, 2.24) is 5.32 Å². The quantitative estimate of drug-likeness (QED) is 0.375. The van der Waals surface area contributed by atoms with E-state index in [2.05, 4.69) is 5.32 Å². The van der Waals surface area contributed by atoms with E-state index in [1.807, 2.05) is 0 Å². The highest BCUT2D eigenvalue weighted by atomic mass is 32.2. The summed E-state index contributed by atoms with van der Waals surface area (Å²) < 4.78 is 92.2. The summed E-state index contributed by atoms with van der Waals surface area (Å²) in [4.78, 5) is 12.4. The SMILES string of the molecule is CCc1cc(C(F)(F)F)cc(CC)c1C=CC(=O)NC(C)c1cc(F)c(NS(C)(=O)=O)c(F)c1. The summed E-state index contributed by atoms with van der Waals surface area (Å²) in [5, 5.41) is 2.52. The lowest BCUT2D eigenvalue weighted by molar-refractivity contribution is -0.137. The van der Waals surface area contributed by atoms with Gasteiger partial charge in [-0.1, -0.05) is 13.8 Å². The van der Waals surface area contributed by atoms with Gasteiger partial charge in [-0.25, -0.2) is 17.2 Å². The van der Waals surface area contributed by atoms with E-state index >= 15 is 0 Å². The third-order valence-corrected chi connectivity index (χ3v) is 5.63. The van der Waals surface area contributed by atoms with Crippen molar-refractivity contribution in [3.63, 3.8) is 0 Å². The molecule has 1 unspecified atom stereocenters. The molecule has 2 aromatic rings. The summed E-state index contributed by atoms with van der Waals surface area (Å²) >= 11 is 0. The molecule has 0 aliphatic carbocycles. The van der Waals surface area contributed by atoms with E-state index in [-0.39, 0.29) is 5.56 Å². The van der Waals surface area contributed by atoms with Gasteiger partial charge in [0.2, 0.25) is 15.9 Å². The summed E-state index contributed by atoms with van der Waals surface area (Å²) in [7, 11) is -3.90. The maximum Gasteiger partial charge on any atom is 0.416 e. The predicted octanol–water partition coefficient (Wildman–Crippen LogP) is 5.37. The standard InChI is InChI=1S/C23H25F5N2O3S/c1-5-14-9-17(23(26,27)28)10-15(6-2)18(14)7-8-21(31)29-13(3)16-11-19(24)22(20(25)12-16)30-34(4,32)33/h7-13,30H,5-6H2,1-4H3,(H,29,31). The molecule has 2 N–H and O–H groups in total. The minimum atomic E-state index is -4.49. The first-order valence-electron chi connectivity index (χ1n) is 10.3. The highest BCUT2D eigenvalue weighted by Crippen LogP contribution is 2.33. The Morgan fingerprint density at radius 2 is 1.53 bits per heavy atom. The highest BCUT2D eigenvalue weighted by Gasteiger charge is 2.31. The molecule has 0 saturated carbocycles. The third-order valence-electron chi connectivity index (χ3n) is 5.05. The van der Waals surface area contributed by atoms with Gasteiger partial charge in [0, 0.05) is 6.08 Å². The van der Waals surface area contributed by atoms with Crippen LogP contribution in [0.4, 0.5) is 27.6 Å². The van der Waals surface area contributed by atoms with Crippen molar-refractivity contribution in [2.24, 2.45) is 0 Å². The van der Waals surface area contributed by atoms with Crippen LogP contribution in [0.25, 0.3) is 6.08 Å². The minimum absolute atomic E-state index is 0.0498. The maximum absolute atomic E-state index is 14.2. The first-order valence-corrected chi connectivity index (χ1v) is 12.2. The van der Waals surface area contributed by atoms with Gasteiger partial charge in [-0.15, -0.1) is 0 Å². The van der Waals surface area contributed by atoms with Gasteiger partial charge >= 0.3 is 6.18 Å².